The average Bonchev–Trinajstić information content (AvgIpc) is 2.04. The summed E-state index contributed by atoms with van der Waals surface area (Å²) in [5.74, 6) is 0. The molecule has 1 aromatic rings. The molecular weight excluding hydrogens is 170 g/mol. The zero-order valence-corrected chi connectivity index (χ0v) is 8.02. The number of hydrogen-bond donors (Lipinski definition) is 0. The molecular formula is C9H11NOS. The van der Waals surface area contributed by atoms with Gasteiger partial charge in [-0.25, -0.2) is 0 Å². The molecule has 2 nitrogen and oxygen atoms in total. The van der Waals surface area contributed by atoms with Gasteiger partial charge in [0.25, 0.3) is 0 Å². The second-order valence-corrected chi connectivity index (χ2v) is 2.98. The van der Waals surface area contributed by atoms with Crippen LogP contribution in [0.3, 0.4) is 0 Å². The second kappa shape index (κ2) is 4.16. The van der Waals surface area contributed by atoms with Gasteiger partial charge < -0.3 is 4.74 Å². The maximum atomic E-state index is 4.92. The zero-order valence-electron chi connectivity index (χ0n) is 7.20. The molecule has 0 saturated heterocycles. The molecule has 12 heavy (non-hydrogen) atoms. The topological polar surface area (TPSA) is 22.1 Å². The maximum absolute atomic E-state index is 4.92. The Morgan fingerprint density at radius 3 is 2.92 bits per heavy atom. The van der Waals surface area contributed by atoms with Crippen LogP contribution in [0.1, 0.15) is 11.4 Å². The fraction of sp³-hybridized carbons (Fsp3) is 0.333. The van der Waals surface area contributed by atoms with Crippen LogP contribution >= 0.6 is 12.2 Å². The Morgan fingerprint density at radius 1 is 1.58 bits per heavy atom. The van der Waals surface area contributed by atoms with Crippen LogP contribution in [0.25, 0.3) is 0 Å². The molecule has 0 aliphatic carbocycles. The number of nitrogens with zero attached hydrogens (tertiary/aromatic N) is 1. The highest BCUT2D eigenvalue weighted by molar-refractivity contribution is 7.80. The molecule has 0 saturated carbocycles. The molecule has 1 aromatic heterocycles. The van der Waals surface area contributed by atoms with Crippen LogP contribution in [0.2, 0.25) is 0 Å². The second-order valence-electron chi connectivity index (χ2n) is 2.52. The van der Waals surface area contributed by atoms with Crippen LogP contribution in [0, 0.1) is 6.92 Å². The van der Waals surface area contributed by atoms with Crippen molar-refractivity contribution in [2.75, 3.05) is 7.11 Å². The molecule has 0 bridgehead atoms. The Kier molecular flexibility index (Phi) is 3.17. The van der Waals surface area contributed by atoms with Crippen molar-refractivity contribution in [1.29, 1.82) is 0 Å². The Labute approximate surface area is 77.6 Å². The summed E-state index contributed by atoms with van der Waals surface area (Å²) in [5.41, 5.74) is 1.97. The molecule has 0 amide bonds. The summed E-state index contributed by atoms with van der Waals surface area (Å²) in [6.07, 6.45) is 0.619. The molecule has 1 rings (SSSR count). The highest BCUT2D eigenvalue weighted by Crippen LogP contribution is 2.00. The van der Waals surface area contributed by atoms with E-state index in [1.807, 2.05) is 25.1 Å². The van der Waals surface area contributed by atoms with Crippen LogP contribution in [0.5, 0.6) is 0 Å². The van der Waals surface area contributed by atoms with E-state index in [4.69, 9.17) is 17.0 Å². The highest BCUT2D eigenvalue weighted by Gasteiger charge is 1.99. The van der Waals surface area contributed by atoms with Gasteiger partial charge in [0.15, 0.2) is 5.05 Å². The van der Waals surface area contributed by atoms with Gasteiger partial charge in [-0.05, 0) is 31.3 Å². The van der Waals surface area contributed by atoms with Crippen molar-refractivity contribution in [3.05, 3.63) is 29.6 Å². The van der Waals surface area contributed by atoms with E-state index in [-0.39, 0.29) is 0 Å². The first-order valence-corrected chi connectivity index (χ1v) is 4.12. The maximum Gasteiger partial charge on any atom is 0.165 e. The lowest BCUT2D eigenvalue weighted by Crippen LogP contribution is -2.03. The Morgan fingerprint density at radius 2 is 2.33 bits per heavy atom. The molecule has 0 aliphatic rings. The average molecular weight is 181 g/mol. The van der Waals surface area contributed by atoms with E-state index in [1.54, 1.807) is 7.11 Å². The smallest absolute Gasteiger partial charge is 0.165 e. The lowest BCUT2D eigenvalue weighted by Gasteiger charge is -2.01. The van der Waals surface area contributed by atoms with Gasteiger partial charge in [-0.15, -0.1) is 0 Å². The molecule has 0 aromatic carbocycles. The summed E-state index contributed by atoms with van der Waals surface area (Å²) in [6.45, 7) is 1.96. The molecule has 64 valence electrons. The van der Waals surface area contributed by atoms with Gasteiger partial charge in [0.05, 0.1) is 13.5 Å². The SMILES string of the molecule is COC(=S)Cc1cccc(C)n1. The Bertz CT molecular complexity index is 286. The minimum Gasteiger partial charge on any atom is -0.490 e. The van der Waals surface area contributed by atoms with Crippen molar-refractivity contribution in [3.8, 4) is 0 Å². The van der Waals surface area contributed by atoms with Gasteiger partial charge in [-0.3, -0.25) is 4.98 Å². The van der Waals surface area contributed by atoms with E-state index >= 15 is 0 Å². The van der Waals surface area contributed by atoms with Gasteiger partial charge in [0, 0.05) is 11.4 Å². The number of pyridine rings is 1. The normalized spacial score (nSPS) is 9.50. The van der Waals surface area contributed by atoms with Crippen molar-refractivity contribution in [2.24, 2.45) is 0 Å². The van der Waals surface area contributed by atoms with E-state index in [9.17, 15) is 0 Å². The van der Waals surface area contributed by atoms with E-state index in [2.05, 4.69) is 4.98 Å². The van der Waals surface area contributed by atoms with Crippen LogP contribution < -0.4 is 0 Å². The summed E-state index contributed by atoms with van der Waals surface area (Å²) in [7, 11) is 1.58. The van der Waals surface area contributed by atoms with Gasteiger partial charge >= 0.3 is 0 Å². The third kappa shape index (κ3) is 2.58. The van der Waals surface area contributed by atoms with Gasteiger partial charge in [0.1, 0.15) is 0 Å². The first-order valence-electron chi connectivity index (χ1n) is 3.71. The Hall–Kier alpha value is -0.960. The first-order chi connectivity index (χ1) is 5.72. The molecule has 0 N–H and O–H groups in total. The summed E-state index contributed by atoms with van der Waals surface area (Å²) in [6, 6.07) is 5.87. The quantitative estimate of drug-likeness (QED) is 0.651. The van der Waals surface area contributed by atoms with E-state index in [0.717, 1.165) is 11.4 Å². The third-order valence-corrected chi connectivity index (χ3v) is 1.81. The monoisotopic (exact) mass is 181 g/mol. The fourth-order valence-electron chi connectivity index (χ4n) is 0.918. The van der Waals surface area contributed by atoms with Crippen molar-refractivity contribution in [2.45, 2.75) is 13.3 Å². The lowest BCUT2D eigenvalue weighted by molar-refractivity contribution is 0.405. The first kappa shape index (κ1) is 9.13. The molecule has 0 spiro atoms. The molecule has 0 aliphatic heterocycles. The van der Waals surface area contributed by atoms with Crippen molar-refractivity contribution in [1.82, 2.24) is 4.98 Å². The van der Waals surface area contributed by atoms with Gasteiger partial charge in [-0.1, -0.05) is 6.07 Å². The van der Waals surface area contributed by atoms with Gasteiger partial charge in [0.2, 0.25) is 0 Å². The number of aromatic nitrogens is 1. The standard InChI is InChI=1S/C9H11NOS/c1-7-4-3-5-8(10-7)6-9(12)11-2/h3-5H,6H2,1-2H3. The number of methoxy groups -OCH3 is 1. The predicted octanol–water partition coefficient (Wildman–Crippen LogP) is 1.91. The largest absolute Gasteiger partial charge is 0.490 e. The third-order valence-electron chi connectivity index (χ3n) is 1.50. The highest BCUT2D eigenvalue weighted by atomic mass is 32.1. The number of hydrogen-bond acceptors (Lipinski definition) is 3. The van der Waals surface area contributed by atoms with Crippen LogP contribution in [0.15, 0.2) is 18.2 Å². The number of ether oxygens (including phenoxy) is 1. The van der Waals surface area contributed by atoms with E-state index < -0.39 is 0 Å². The molecule has 0 radical (unpaired) electrons. The van der Waals surface area contributed by atoms with Crippen LogP contribution in [0.4, 0.5) is 0 Å². The summed E-state index contributed by atoms with van der Waals surface area (Å²) < 4.78 is 4.89. The summed E-state index contributed by atoms with van der Waals surface area (Å²) in [5, 5.41) is 0.577. The molecule has 0 fully saturated rings. The number of rotatable bonds is 2. The van der Waals surface area contributed by atoms with Crippen LogP contribution in [-0.4, -0.2) is 17.1 Å². The van der Waals surface area contributed by atoms with Crippen LogP contribution in [-0.2, 0) is 11.2 Å². The van der Waals surface area contributed by atoms with E-state index in [0.29, 0.717) is 11.5 Å². The fourth-order valence-corrected chi connectivity index (χ4v) is 1.07. The predicted molar refractivity (Wildman–Crippen MR) is 52.3 cm³/mol. The minimum atomic E-state index is 0.577. The van der Waals surface area contributed by atoms with E-state index in [1.165, 1.54) is 0 Å². The van der Waals surface area contributed by atoms with Crippen molar-refractivity contribution < 1.29 is 4.74 Å². The van der Waals surface area contributed by atoms with Crippen molar-refractivity contribution >= 4 is 17.3 Å². The summed E-state index contributed by atoms with van der Waals surface area (Å²) >= 11 is 4.92. The summed E-state index contributed by atoms with van der Waals surface area (Å²) in [4.78, 5) is 4.29. The van der Waals surface area contributed by atoms with Crippen molar-refractivity contribution in [3.63, 3.8) is 0 Å². The molecule has 0 atom stereocenters. The molecule has 0 unspecified atom stereocenters. The molecule has 1 heterocycles. The number of thiocarbonyl (C=S) groups is 1. The minimum absolute atomic E-state index is 0.577. The number of aryl methyl sites for hydroxylation is 1. The Balaban J connectivity index is 2.69. The zero-order chi connectivity index (χ0) is 8.97. The van der Waals surface area contributed by atoms with Gasteiger partial charge in [-0.2, -0.15) is 0 Å². The lowest BCUT2D eigenvalue weighted by atomic mass is 10.2. The molecule has 3 heteroatoms.